The Morgan fingerprint density at radius 3 is 2.59 bits per heavy atom. The van der Waals surface area contributed by atoms with Gasteiger partial charge in [-0.05, 0) is 48.0 Å². The molecule has 0 radical (unpaired) electrons. The average molecular weight is 394 g/mol. The summed E-state index contributed by atoms with van der Waals surface area (Å²) >= 11 is 0. The van der Waals surface area contributed by atoms with Gasteiger partial charge >= 0.3 is 5.97 Å². The topological polar surface area (TPSA) is 110 Å². The minimum atomic E-state index is -1.14. The van der Waals surface area contributed by atoms with Crippen molar-refractivity contribution < 1.29 is 28.6 Å². The second kappa shape index (κ2) is 9.23. The molecule has 0 saturated carbocycles. The molecule has 2 N–H and O–H groups in total. The van der Waals surface area contributed by atoms with E-state index in [1.807, 2.05) is 6.07 Å². The van der Waals surface area contributed by atoms with E-state index in [2.05, 4.69) is 10.5 Å². The number of nitrogens with zero attached hydrogens (tertiary/aromatic N) is 1. The number of carboxylic acids is 1. The quantitative estimate of drug-likeness (QED) is 0.448. The first-order valence-electron chi connectivity index (χ1n) is 8.58. The molecule has 29 heavy (non-hydrogen) atoms. The van der Waals surface area contributed by atoms with Gasteiger partial charge in [-0.1, -0.05) is 18.2 Å². The molecule has 8 nitrogen and oxygen atoms in total. The lowest BCUT2D eigenvalue weighted by Gasteiger charge is -2.10. The summed E-state index contributed by atoms with van der Waals surface area (Å²) < 4.78 is 16.1. The van der Waals surface area contributed by atoms with Crippen LogP contribution in [-0.2, 0) is 6.61 Å². The zero-order valence-corrected chi connectivity index (χ0v) is 15.5. The van der Waals surface area contributed by atoms with E-state index in [-0.39, 0.29) is 18.3 Å². The molecule has 3 rings (SSSR count). The van der Waals surface area contributed by atoms with E-state index in [9.17, 15) is 9.59 Å². The zero-order chi connectivity index (χ0) is 20.6. The Kier molecular flexibility index (Phi) is 6.26. The van der Waals surface area contributed by atoms with Gasteiger partial charge in [0.05, 0.1) is 13.3 Å². The van der Waals surface area contributed by atoms with Gasteiger partial charge in [0.2, 0.25) is 5.76 Å². The van der Waals surface area contributed by atoms with Crippen LogP contribution in [0.15, 0.2) is 70.2 Å². The molecule has 148 valence electrons. The maximum atomic E-state index is 12.0. The van der Waals surface area contributed by atoms with Crippen LogP contribution in [0.25, 0.3) is 0 Å². The number of hydrogen-bond acceptors (Lipinski definition) is 6. The molecule has 1 aromatic heterocycles. The summed E-state index contributed by atoms with van der Waals surface area (Å²) in [6.07, 6.45) is 1.48. The summed E-state index contributed by atoms with van der Waals surface area (Å²) in [5.41, 5.74) is 3.65. The van der Waals surface area contributed by atoms with Crippen LogP contribution in [0.1, 0.15) is 32.2 Å². The van der Waals surface area contributed by atoms with Gasteiger partial charge < -0.3 is 19.0 Å². The summed E-state index contributed by atoms with van der Waals surface area (Å²) in [6.45, 7) is 0.0458. The smallest absolute Gasteiger partial charge is 0.371 e. The van der Waals surface area contributed by atoms with Crippen LogP contribution in [-0.4, -0.2) is 30.3 Å². The molecule has 0 unspecified atom stereocenters. The van der Waals surface area contributed by atoms with Crippen LogP contribution in [0.2, 0.25) is 0 Å². The van der Waals surface area contributed by atoms with Crippen molar-refractivity contribution in [2.45, 2.75) is 6.61 Å². The molecule has 2 aromatic carbocycles. The van der Waals surface area contributed by atoms with Crippen molar-refractivity contribution in [2.24, 2.45) is 5.10 Å². The summed E-state index contributed by atoms with van der Waals surface area (Å²) in [4.78, 5) is 22.8. The first-order chi connectivity index (χ1) is 14.1. The Bertz CT molecular complexity index is 1030. The lowest BCUT2D eigenvalue weighted by Crippen LogP contribution is -2.17. The third-order valence-corrected chi connectivity index (χ3v) is 3.85. The number of nitrogens with one attached hydrogen (secondary N) is 1. The molecule has 8 heteroatoms. The van der Waals surface area contributed by atoms with Crippen molar-refractivity contribution in [3.05, 3.63) is 83.3 Å². The maximum Gasteiger partial charge on any atom is 0.371 e. The van der Waals surface area contributed by atoms with Gasteiger partial charge in [0.25, 0.3) is 5.91 Å². The number of hydrazone groups is 1. The third-order valence-electron chi connectivity index (χ3n) is 3.85. The number of benzene rings is 2. The number of furan rings is 1. The maximum absolute atomic E-state index is 12.0. The second-order valence-electron chi connectivity index (χ2n) is 5.84. The lowest BCUT2D eigenvalue weighted by atomic mass is 10.2. The van der Waals surface area contributed by atoms with E-state index in [1.165, 1.54) is 25.5 Å². The van der Waals surface area contributed by atoms with Gasteiger partial charge in [0, 0.05) is 5.56 Å². The molecule has 3 aromatic rings. The molecule has 0 fully saturated rings. The molecule has 1 amide bonds. The Labute approximate surface area is 166 Å². The predicted octanol–water partition coefficient (Wildman–Crippen LogP) is 3.33. The van der Waals surface area contributed by atoms with Crippen molar-refractivity contribution in [3.63, 3.8) is 0 Å². The molecule has 0 bridgehead atoms. The van der Waals surface area contributed by atoms with Gasteiger partial charge in [-0.25, -0.2) is 10.2 Å². The Morgan fingerprint density at radius 1 is 1.10 bits per heavy atom. The van der Waals surface area contributed by atoms with Crippen molar-refractivity contribution in [1.29, 1.82) is 0 Å². The zero-order valence-electron chi connectivity index (χ0n) is 15.5. The van der Waals surface area contributed by atoms with Gasteiger partial charge in [-0.15, -0.1) is 0 Å². The molecule has 0 saturated heterocycles. The van der Waals surface area contributed by atoms with Gasteiger partial charge in [0.15, 0.2) is 11.5 Å². The number of hydrogen-bond donors (Lipinski definition) is 2. The number of methoxy groups -OCH3 is 1. The van der Waals surface area contributed by atoms with E-state index >= 15 is 0 Å². The second-order valence-corrected chi connectivity index (χ2v) is 5.84. The normalized spacial score (nSPS) is 10.7. The van der Waals surface area contributed by atoms with Crippen LogP contribution in [0, 0.1) is 0 Å². The van der Waals surface area contributed by atoms with Gasteiger partial charge in [0.1, 0.15) is 12.4 Å². The number of carboxylic acid groups (broad SMARTS) is 1. The lowest BCUT2D eigenvalue weighted by molar-refractivity contribution is 0.0657. The number of carbonyl (C=O) groups is 2. The molecular formula is C21H18N2O6. The van der Waals surface area contributed by atoms with Crippen molar-refractivity contribution in [2.75, 3.05) is 7.11 Å². The van der Waals surface area contributed by atoms with E-state index < -0.39 is 5.97 Å². The van der Waals surface area contributed by atoms with Crippen molar-refractivity contribution >= 4 is 18.1 Å². The van der Waals surface area contributed by atoms with Gasteiger partial charge in [-0.3, -0.25) is 4.79 Å². The summed E-state index contributed by atoms with van der Waals surface area (Å²) in [5.74, 6) is -0.331. The molecule has 0 aliphatic heterocycles. The average Bonchev–Trinajstić information content (AvgIpc) is 3.22. The Balaban J connectivity index is 1.61. The van der Waals surface area contributed by atoms with Crippen LogP contribution < -0.4 is 14.9 Å². The summed E-state index contributed by atoms with van der Waals surface area (Å²) in [6, 6.07) is 16.8. The summed E-state index contributed by atoms with van der Waals surface area (Å²) in [5, 5.41) is 12.8. The number of carbonyl (C=O) groups excluding carboxylic acids is 1. The molecule has 1 heterocycles. The van der Waals surface area contributed by atoms with Gasteiger partial charge in [-0.2, -0.15) is 5.10 Å². The van der Waals surface area contributed by atoms with Crippen molar-refractivity contribution in [1.82, 2.24) is 5.43 Å². The minimum absolute atomic E-state index is 0.0458. The standard InChI is InChI=1S/C21H18N2O6/c1-27-19-11-14(12-22-23-20(24)15-5-3-2-4-6-15)7-9-17(19)28-13-16-8-10-18(29-16)21(25)26/h2-12H,13H2,1H3,(H,23,24)(H,25,26). The Morgan fingerprint density at radius 2 is 1.90 bits per heavy atom. The number of amides is 1. The fourth-order valence-corrected chi connectivity index (χ4v) is 2.42. The molecular weight excluding hydrogens is 376 g/mol. The van der Waals surface area contributed by atoms with E-state index in [1.54, 1.807) is 42.5 Å². The van der Waals surface area contributed by atoms with E-state index in [0.717, 1.165) is 0 Å². The highest BCUT2D eigenvalue weighted by atomic mass is 16.5. The SMILES string of the molecule is COc1cc(C=NNC(=O)c2ccccc2)ccc1OCc1ccc(C(=O)O)o1. The highest BCUT2D eigenvalue weighted by molar-refractivity contribution is 5.94. The molecule has 0 aliphatic carbocycles. The van der Waals surface area contributed by atoms with Crippen LogP contribution >= 0.6 is 0 Å². The number of aromatic carboxylic acids is 1. The highest BCUT2D eigenvalue weighted by Gasteiger charge is 2.11. The van der Waals surface area contributed by atoms with Crippen LogP contribution in [0.3, 0.4) is 0 Å². The first kappa shape index (κ1) is 19.7. The van der Waals surface area contributed by atoms with Crippen molar-refractivity contribution in [3.8, 4) is 11.5 Å². The predicted molar refractivity (Wildman–Crippen MR) is 104 cm³/mol. The number of ether oxygens (including phenoxy) is 2. The highest BCUT2D eigenvalue weighted by Crippen LogP contribution is 2.28. The first-order valence-corrected chi connectivity index (χ1v) is 8.58. The van der Waals surface area contributed by atoms with Crippen LogP contribution in [0.5, 0.6) is 11.5 Å². The Hall–Kier alpha value is -4.07. The summed E-state index contributed by atoms with van der Waals surface area (Å²) in [7, 11) is 1.50. The minimum Gasteiger partial charge on any atom is -0.493 e. The molecule has 0 aliphatic rings. The third kappa shape index (κ3) is 5.23. The monoisotopic (exact) mass is 394 g/mol. The molecule has 0 atom stereocenters. The van der Waals surface area contributed by atoms with Crippen LogP contribution in [0.4, 0.5) is 0 Å². The van der Waals surface area contributed by atoms with E-state index in [0.29, 0.717) is 28.4 Å². The van der Waals surface area contributed by atoms with E-state index in [4.69, 9.17) is 19.0 Å². The largest absolute Gasteiger partial charge is 0.493 e. The molecule has 0 spiro atoms. The fourth-order valence-electron chi connectivity index (χ4n) is 2.42. The fraction of sp³-hybridized carbons (Fsp3) is 0.0952. The number of rotatable bonds is 8.